The predicted octanol–water partition coefficient (Wildman–Crippen LogP) is 2.62. The number of carbonyl (C=O) groups excluding carboxylic acids is 1. The van der Waals surface area contributed by atoms with E-state index in [4.69, 9.17) is 5.73 Å². The molecule has 1 amide bonds. The third-order valence-electron chi connectivity index (χ3n) is 5.86. The zero-order chi connectivity index (χ0) is 20.6. The molecule has 7 heteroatoms. The summed E-state index contributed by atoms with van der Waals surface area (Å²) in [6.45, 7) is 0.758. The van der Waals surface area contributed by atoms with Crippen molar-refractivity contribution in [1.82, 2.24) is 25.5 Å². The smallest absolute Gasteiger partial charge is 0.231 e. The Balaban J connectivity index is 1.37. The van der Waals surface area contributed by atoms with E-state index in [2.05, 4.69) is 33.0 Å². The summed E-state index contributed by atoms with van der Waals surface area (Å²) >= 11 is 0. The molecular formula is C23H22N6O. The molecule has 1 aromatic heterocycles. The second kappa shape index (κ2) is 7.35. The highest BCUT2D eigenvalue weighted by atomic mass is 16.2. The van der Waals surface area contributed by atoms with E-state index in [1.54, 1.807) is 4.68 Å². The summed E-state index contributed by atoms with van der Waals surface area (Å²) < 4.78 is 1.69. The molecule has 4 aromatic rings. The first-order valence-corrected chi connectivity index (χ1v) is 10.0. The van der Waals surface area contributed by atoms with Gasteiger partial charge in [-0.25, -0.2) is 0 Å². The molecular weight excluding hydrogens is 376 g/mol. The number of amides is 1. The number of hydrogen-bond donors (Lipinski definition) is 2. The van der Waals surface area contributed by atoms with E-state index in [-0.39, 0.29) is 12.5 Å². The lowest BCUT2D eigenvalue weighted by atomic mass is 9.94. The molecule has 1 aliphatic rings. The van der Waals surface area contributed by atoms with E-state index in [1.165, 1.54) is 0 Å². The SMILES string of the molecule is NCc1ccc(C2(C(=O)NCc3nnnn3-c3cccc4ccccc34)CC2)cc1. The number of nitrogens with zero attached hydrogens (tertiary/aromatic N) is 4. The number of tetrazole rings is 1. The first-order chi connectivity index (χ1) is 14.7. The third-order valence-corrected chi connectivity index (χ3v) is 5.86. The van der Waals surface area contributed by atoms with Crippen molar-refractivity contribution in [3.05, 3.63) is 83.7 Å². The van der Waals surface area contributed by atoms with Crippen molar-refractivity contribution < 1.29 is 4.79 Å². The maximum Gasteiger partial charge on any atom is 0.231 e. The second-order valence-electron chi connectivity index (χ2n) is 7.67. The van der Waals surface area contributed by atoms with Crippen molar-refractivity contribution in [1.29, 1.82) is 0 Å². The Morgan fingerprint density at radius 1 is 1.03 bits per heavy atom. The molecule has 30 heavy (non-hydrogen) atoms. The number of benzene rings is 3. The third kappa shape index (κ3) is 3.13. The molecule has 3 aromatic carbocycles. The topological polar surface area (TPSA) is 98.7 Å². The van der Waals surface area contributed by atoms with Crippen molar-refractivity contribution in [2.24, 2.45) is 5.73 Å². The van der Waals surface area contributed by atoms with Gasteiger partial charge in [-0.2, -0.15) is 4.68 Å². The summed E-state index contributed by atoms with van der Waals surface area (Å²) in [4.78, 5) is 13.0. The number of hydrogen-bond acceptors (Lipinski definition) is 5. The van der Waals surface area contributed by atoms with Crippen LogP contribution in [0.4, 0.5) is 0 Å². The van der Waals surface area contributed by atoms with E-state index >= 15 is 0 Å². The van der Waals surface area contributed by atoms with Gasteiger partial charge in [0.15, 0.2) is 5.82 Å². The van der Waals surface area contributed by atoms with Gasteiger partial charge >= 0.3 is 0 Å². The lowest BCUT2D eigenvalue weighted by molar-refractivity contribution is -0.123. The molecule has 1 saturated carbocycles. The monoisotopic (exact) mass is 398 g/mol. The van der Waals surface area contributed by atoms with Crippen LogP contribution < -0.4 is 11.1 Å². The highest BCUT2D eigenvalue weighted by Crippen LogP contribution is 2.48. The lowest BCUT2D eigenvalue weighted by Gasteiger charge is -2.16. The predicted molar refractivity (Wildman–Crippen MR) is 114 cm³/mol. The highest BCUT2D eigenvalue weighted by Gasteiger charge is 2.51. The first-order valence-electron chi connectivity index (χ1n) is 10.0. The van der Waals surface area contributed by atoms with Crippen molar-refractivity contribution in [3.63, 3.8) is 0 Å². The molecule has 0 spiro atoms. The quantitative estimate of drug-likeness (QED) is 0.520. The fraction of sp³-hybridized carbons (Fsp3) is 0.217. The van der Waals surface area contributed by atoms with Crippen LogP contribution in [0.3, 0.4) is 0 Å². The van der Waals surface area contributed by atoms with Crippen LogP contribution in [0.2, 0.25) is 0 Å². The zero-order valence-electron chi connectivity index (χ0n) is 16.5. The van der Waals surface area contributed by atoms with Gasteiger partial charge in [0.25, 0.3) is 0 Å². The van der Waals surface area contributed by atoms with Gasteiger partial charge in [0, 0.05) is 11.9 Å². The molecule has 0 radical (unpaired) electrons. The Morgan fingerprint density at radius 2 is 1.80 bits per heavy atom. The minimum Gasteiger partial charge on any atom is -0.348 e. The summed E-state index contributed by atoms with van der Waals surface area (Å²) in [5, 5.41) is 17.4. The van der Waals surface area contributed by atoms with Gasteiger partial charge < -0.3 is 11.1 Å². The van der Waals surface area contributed by atoms with Crippen LogP contribution in [0.25, 0.3) is 16.5 Å². The summed E-state index contributed by atoms with van der Waals surface area (Å²) in [5.41, 5.74) is 8.21. The minimum absolute atomic E-state index is 0.00969. The van der Waals surface area contributed by atoms with Crippen LogP contribution in [0.5, 0.6) is 0 Å². The Kier molecular flexibility index (Phi) is 4.52. The maximum absolute atomic E-state index is 13.0. The van der Waals surface area contributed by atoms with Crippen molar-refractivity contribution >= 4 is 16.7 Å². The molecule has 5 rings (SSSR count). The number of carbonyl (C=O) groups is 1. The molecule has 0 atom stereocenters. The molecule has 0 aliphatic heterocycles. The molecule has 1 aliphatic carbocycles. The molecule has 3 N–H and O–H groups in total. The zero-order valence-corrected chi connectivity index (χ0v) is 16.5. The van der Waals surface area contributed by atoms with E-state index in [0.717, 1.165) is 40.4 Å². The number of nitrogens with one attached hydrogen (secondary N) is 1. The van der Waals surface area contributed by atoms with Crippen LogP contribution >= 0.6 is 0 Å². The largest absolute Gasteiger partial charge is 0.348 e. The lowest BCUT2D eigenvalue weighted by Crippen LogP contribution is -2.35. The second-order valence-corrected chi connectivity index (χ2v) is 7.67. The standard InChI is InChI=1S/C23H22N6O/c24-14-16-8-10-18(11-9-16)23(12-13-23)22(30)25-15-21-26-27-28-29(21)20-7-3-5-17-4-1-2-6-19(17)20/h1-11H,12-15,24H2,(H,25,30). The van der Waals surface area contributed by atoms with E-state index in [1.807, 2.05) is 54.6 Å². The van der Waals surface area contributed by atoms with Crippen LogP contribution in [0.1, 0.15) is 29.8 Å². The fourth-order valence-corrected chi connectivity index (χ4v) is 3.96. The van der Waals surface area contributed by atoms with Crippen LogP contribution in [0, 0.1) is 0 Å². The number of nitrogens with two attached hydrogens (primary N) is 1. The van der Waals surface area contributed by atoms with Gasteiger partial charge in [-0.3, -0.25) is 4.79 Å². The fourth-order valence-electron chi connectivity index (χ4n) is 3.96. The van der Waals surface area contributed by atoms with Crippen molar-refractivity contribution in [3.8, 4) is 5.69 Å². The molecule has 7 nitrogen and oxygen atoms in total. The average molecular weight is 398 g/mol. The molecule has 1 fully saturated rings. The van der Waals surface area contributed by atoms with Gasteiger partial charge in [0.2, 0.25) is 5.91 Å². The van der Waals surface area contributed by atoms with Crippen molar-refractivity contribution in [2.75, 3.05) is 0 Å². The van der Waals surface area contributed by atoms with Crippen LogP contribution in [-0.2, 0) is 23.3 Å². The highest BCUT2D eigenvalue weighted by molar-refractivity contribution is 5.91. The van der Waals surface area contributed by atoms with E-state index in [0.29, 0.717) is 12.4 Å². The molecule has 0 saturated heterocycles. The van der Waals surface area contributed by atoms with Gasteiger partial charge in [-0.1, -0.05) is 60.7 Å². The average Bonchev–Trinajstić information content (AvgIpc) is 3.49. The normalized spacial score (nSPS) is 14.6. The number of aromatic nitrogens is 4. The molecule has 1 heterocycles. The van der Waals surface area contributed by atoms with E-state index in [9.17, 15) is 4.79 Å². The Labute approximate surface area is 173 Å². The number of fused-ring (bicyclic) bond motifs is 1. The molecule has 0 unspecified atom stereocenters. The van der Waals surface area contributed by atoms with E-state index < -0.39 is 5.41 Å². The van der Waals surface area contributed by atoms with Gasteiger partial charge in [0.1, 0.15) is 0 Å². The molecule has 0 bridgehead atoms. The summed E-state index contributed by atoms with van der Waals surface area (Å²) in [7, 11) is 0. The van der Waals surface area contributed by atoms with Gasteiger partial charge in [-0.05, 0) is 45.8 Å². The Morgan fingerprint density at radius 3 is 2.57 bits per heavy atom. The summed E-state index contributed by atoms with van der Waals surface area (Å²) in [6.07, 6.45) is 1.68. The summed E-state index contributed by atoms with van der Waals surface area (Å²) in [5.74, 6) is 0.601. The number of rotatable bonds is 6. The Hall–Kier alpha value is -3.58. The van der Waals surface area contributed by atoms with Gasteiger partial charge in [0.05, 0.1) is 17.6 Å². The molecule has 150 valence electrons. The minimum atomic E-state index is -0.454. The summed E-state index contributed by atoms with van der Waals surface area (Å²) in [6, 6.07) is 22.1. The Bertz CT molecular complexity index is 1200. The van der Waals surface area contributed by atoms with Crippen LogP contribution in [0.15, 0.2) is 66.7 Å². The van der Waals surface area contributed by atoms with Crippen molar-refractivity contribution in [2.45, 2.75) is 31.3 Å². The first kappa shape index (κ1) is 18.4. The maximum atomic E-state index is 13.0. The van der Waals surface area contributed by atoms with Crippen LogP contribution in [-0.4, -0.2) is 26.1 Å². The van der Waals surface area contributed by atoms with Gasteiger partial charge in [-0.15, -0.1) is 5.10 Å².